The van der Waals surface area contributed by atoms with Gasteiger partial charge in [-0.2, -0.15) is 4.98 Å². The molecule has 0 aliphatic carbocycles. The number of carboxylic acids is 1. The van der Waals surface area contributed by atoms with Gasteiger partial charge in [-0.05, 0) is 36.6 Å². The second-order valence-electron chi connectivity index (χ2n) is 12.2. The molecule has 4 aliphatic heterocycles. The Hall–Kier alpha value is -4.91. The van der Waals surface area contributed by atoms with Crippen molar-refractivity contribution in [1.82, 2.24) is 24.4 Å². The Balaban J connectivity index is 1.23. The van der Waals surface area contributed by atoms with Gasteiger partial charge in [0.25, 0.3) is 6.01 Å². The van der Waals surface area contributed by atoms with Gasteiger partial charge in [0.15, 0.2) is 11.4 Å². The van der Waals surface area contributed by atoms with Gasteiger partial charge in [0.1, 0.15) is 35.7 Å². The number of carbonyl (C=O) groups is 2. The van der Waals surface area contributed by atoms with Crippen molar-refractivity contribution in [1.29, 1.82) is 0 Å². The van der Waals surface area contributed by atoms with Crippen LogP contribution in [0.5, 0.6) is 6.01 Å². The van der Waals surface area contributed by atoms with Crippen LogP contribution in [0.15, 0.2) is 52.9 Å². The highest BCUT2D eigenvalue weighted by molar-refractivity contribution is 6.06. The number of carbonyl (C=O) groups excluding carboxylic acids is 1. The third-order valence-corrected chi connectivity index (χ3v) is 9.28. The number of hydrogen-bond acceptors (Lipinski definition) is 10. The molecular weight excluding hydrogens is 592 g/mol. The smallest absolute Gasteiger partial charge is 0.409 e. The van der Waals surface area contributed by atoms with E-state index in [1.54, 1.807) is 9.80 Å². The Bertz CT molecular complexity index is 1960. The van der Waals surface area contributed by atoms with Crippen LogP contribution >= 0.6 is 0 Å². The van der Waals surface area contributed by atoms with Gasteiger partial charge in [-0.15, -0.1) is 0 Å². The number of amides is 1. The van der Waals surface area contributed by atoms with E-state index in [1.165, 1.54) is 0 Å². The average molecular weight is 627 g/mol. The van der Waals surface area contributed by atoms with E-state index in [4.69, 9.17) is 33.6 Å². The molecule has 0 unspecified atom stereocenters. The number of aliphatic carboxylic acids is 1. The summed E-state index contributed by atoms with van der Waals surface area (Å²) in [6.45, 7) is 4.08. The quantitative estimate of drug-likeness (QED) is 0.282. The highest BCUT2D eigenvalue weighted by Crippen LogP contribution is 2.39. The normalized spacial score (nSPS) is 24.2. The van der Waals surface area contributed by atoms with Gasteiger partial charge in [0, 0.05) is 37.4 Å². The van der Waals surface area contributed by atoms with Gasteiger partial charge < -0.3 is 33.5 Å². The van der Waals surface area contributed by atoms with Crippen molar-refractivity contribution in [2.75, 3.05) is 44.4 Å². The van der Waals surface area contributed by atoms with Gasteiger partial charge in [0.05, 0.1) is 30.8 Å². The van der Waals surface area contributed by atoms with Gasteiger partial charge in [-0.3, -0.25) is 4.57 Å². The second-order valence-corrected chi connectivity index (χ2v) is 12.2. The Labute approximate surface area is 263 Å². The van der Waals surface area contributed by atoms with Crippen LogP contribution in [0.1, 0.15) is 31.6 Å². The Kier molecular flexibility index (Phi) is 7.12. The number of benzene rings is 2. The molecule has 4 atom stereocenters. The van der Waals surface area contributed by atoms with Gasteiger partial charge >= 0.3 is 12.1 Å². The molecule has 1 amide bonds. The molecule has 13 nitrogen and oxygen atoms in total. The molecule has 0 radical (unpaired) electrons. The highest BCUT2D eigenvalue weighted by atomic mass is 16.6. The maximum absolute atomic E-state index is 12.9. The molecule has 5 aromatic rings. The van der Waals surface area contributed by atoms with E-state index < -0.39 is 18.1 Å². The summed E-state index contributed by atoms with van der Waals surface area (Å²) in [4.78, 5) is 43.7. The van der Waals surface area contributed by atoms with E-state index >= 15 is 0 Å². The zero-order valence-corrected chi connectivity index (χ0v) is 25.4. The van der Waals surface area contributed by atoms with E-state index in [0.29, 0.717) is 66.9 Å². The van der Waals surface area contributed by atoms with Crippen LogP contribution in [0.3, 0.4) is 0 Å². The largest absolute Gasteiger partial charge is 0.480 e. The summed E-state index contributed by atoms with van der Waals surface area (Å²) in [6, 6.07) is 15.0. The molecule has 3 aromatic heterocycles. The number of hydrogen-bond donors (Lipinski definition) is 1. The highest BCUT2D eigenvalue weighted by Gasteiger charge is 2.42. The standard InChI is InChI=1S/C33H34N6O7/c1-19-17-37-12-10-23(19)39-24-8-4-3-7-22(24)34-32(39)45-20-16-25(31(40)41)38(18-20)30-29-28(21-6-2-5-9-26(21)46-29)35-27(36-30)11-13-43-14-15-44-33(37)42/h2-9,19-20,23,25H,10-18H2,1H3,(H,40,41)/t19-,20-,23-,25-/m0/s1. The first kappa shape index (κ1) is 28.6. The number of rotatable bonds is 1. The van der Waals surface area contributed by atoms with E-state index in [-0.39, 0.29) is 44.2 Å². The number of fused-ring (bicyclic) bond motifs is 12. The lowest BCUT2D eigenvalue weighted by Crippen LogP contribution is -2.44. The second kappa shape index (κ2) is 11.5. The first-order valence-corrected chi connectivity index (χ1v) is 15.8. The maximum atomic E-state index is 12.9. The molecule has 2 fully saturated rings. The van der Waals surface area contributed by atoms with Crippen LogP contribution < -0.4 is 9.64 Å². The fourth-order valence-corrected chi connectivity index (χ4v) is 7.08. The Morgan fingerprint density at radius 2 is 1.85 bits per heavy atom. The number of para-hydroxylation sites is 3. The zero-order valence-electron chi connectivity index (χ0n) is 25.4. The van der Waals surface area contributed by atoms with Gasteiger partial charge in [0.2, 0.25) is 0 Å². The first-order valence-electron chi connectivity index (χ1n) is 15.8. The summed E-state index contributed by atoms with van der Waals surface area (Å²) in [7, 11) is 0. The number of anilines is 1. The third-order valence-electron chi connectivity index (χ3n) is 9.28. The fourth-order valence-electron chi connectivity index (χ4n) is 7.08. The van der Waals surface area contributed by atoms with Gasteiger partial charge in [-0.25, -0.2) is 19.6 Å². The summed E-state index contributed by atoms with van der Waals surface area (Å²) in [6.07, 6.45) is 0.436. The van der Waals surface area contributed by atoms with Crippen molar-refractivity contribution < 1.29 is 33.3 Å². The first-order chi connectivity index (χ1) is 22.4. The molecule has 7 heterocycles. The summed E-state index contributed by atoms with van der Waals surface area (Å²) >= 11 is 0. The summed E-state index contributed by atoms with van der Waals surface area (Å²) in [5, 5.41) is 11.2. The average Bonchev–Trinajstić information content (AvgIpc) is 3.75. The number of aromatic nitrogens is 4. The molecule has 4 aliphatic rings. The molecular formula is C33H34N6O7. The SMILES string of the molecule is C[C@H]1CN2CC[C@@H]1n1c(nc3ccccc31)O[C@H]1C[C@@H](C(=O)O)N(C1)c1nc(nc3c1oc1ccccc13)CCOCCOC2=O. The molecule has 9 rings (SSSR count). The number of nitrogens with zero attached hydrogens (tertiary/aromatic N) is 6. The third kappa shape index (κ3) is 4.95. The number of piperidine rings is 1. The summed E-state index contributed by atoms with van der Waals surface area (Å²) in [5.74, 6) is 0.00728. The van der Waals surface area contributed by atoms with E-state index in [9.17, 15) is 14.7 Å². The molecule has 2 saturated heterocycles. The molecule has 6 bridgehead atoms. The molecule has 0 saturated carbocycles. The molecule has 0 spiro atoms. The number of imidazole rings is 1. The molecule has 46 heavy (non-hydrogen) atoms. The van der Waals surface area contributed by atoms with Crippen molar-refractivity contribution >= 4 is 51.0 Å². The molecule has 2 aromatic carbocycles. The van der Waals surface area contributed by atoms with Crippen molar-refractivity contribution in [3.05, 3.63) is 54.4 Å². The van der Waals surface area contributed by atoms with Crippen LogP contribution in [0, 0.1) is 5.92 Å². The van der Waals surface area contributed by atoms with E-state index in [2.05, 4.69) is 11.5 Å². The predicted octanol–water partition coefficient (Wildman–Crippen LogP) is 4.43. The predicted molar refractivity (Wildman–Crippen MR) is 167 cm³/mol. The summed E-state index contributed by atoms with van der Waals surface area (Å²) < 4.78 is 26.4. The molecule has 13 heteroatoms. The van der Waals surface area contributed by atoms with Crippen LogP contribution in [0.2, 0.25) is 0 Å². The van der Waals surface area contributed by atoms with Crippen LogP contribution in [0.25, 0.3) is 33.1 Å². The Morgan fingerprint density at radius 1 is 1.00 bits per heavy atom. The van der Waals surface area contributed by atoms with Crippen molar-refractivity contribution in [2.45, 2.75) is 44.4 Å². The number of ether oxygens (including phenoxy) is 3. The minimum atomic E-state index is -0.976. The summed E-state index contributed by atoms with van der Waals surface area (Å²) in [5.41, 5.74) is 3.40. The fraction of sp³-hybridized carbons (Fsp3) is 0.424. The minimum absolute atomic E-state index is 0.00718. The van der Waals surface area contributed by atoms with Crippen molar-refractivity contribution in [3.8, 4) is 6.01 Å². The lowest BCUT2D eigenvalue weighted by atomic mass is 9.93. The van der Waals surface area contributed by atoms with E-state index in [0.717, 1.165) is 16.4 Å². The number of furan rings is 1. The van der Waals surface area contributed by atoms with Crippen LogP contribution in [-0.4, -0.2) is 93.2 Å². The topological polar surface area (TPSA) is 145 Å². The molecule has 238 valence electrons. The van der Waals surface area contributed by atoms with Crippen molar-refractivity contribution in [3.63, 3.8) is 0 Å². The van der Waals surface area contributed by atoms with E-state index in [1.807, 2.05) is 48.5 Å². The minimum Gasteiger partial charge on any atom is -0.480 e. The van der Waals surface area contributed by atoms with Crippen molar-refractivity contribution in [2.24, 2.45) is 5.92 Å². The lowest BCUT2D eigenvalue weighted by molar-refractivity contribution is -0.138. The van der Waals surface area contributed by atoms with Crippen LogP contribution in [-0.2, 0) is 20.7 Å². The lowest BCUT2D eigenvalue weighted by Gasteiger charge is -2.37. The van der Waals surface area contributed by atoms with Crippen LogP contribution in [0.4, 0.5) is 10.6 Å². The molecule has 1 N–H and O–H groups in total. The Morgan fingerprint density at radius 3 is 2.72 bits per heavy atom. The zero-order chi connectivity index (χ0) is 31.4. The number of carboxylic acid groups (broad SMARTS) is 1. The monoisotopic (exact) mass is 626 g/mol. The maximum Gasteiger partial charge on any atom is 0.409 e. The van der Waals surface area contributed by atoms with Gasteiger partial charge in [-0.1, -0.05) is 31.2 Å².